The lowest BCUT2D eigenvalue weighted by atomic mass is 9.82. The molecule has 4 nitrogen and oxygen atoms in total. The predicted molar refractivity (Wildman–Crippen MR) is 116 cm³/mol. The van der Waals surface area contributed by atoms with Gasteiger partial charge in [-0.25, -0.2) is 0 Å². The van der Waals surface area contributed by atoms with E-state index in [2.05, 4.69) is 12.1 Å². The molecule has 0 aromatic heterocycles. The third-order valence-electron chi connectivity index (χ3n) is 5.96. The molecule has 3 aromatic rings. The molecule has 4 heteroatoms. The summed E-state index contributed by atoms with van der Waals surface area (Å²) in [4.78, 5) is 0. The van der Waals surface area contributed by atoms with Crippen LogP contribution in [0.2, 0.25) is 0 Å². The van der Waals surface area contributed by atoms with Crippen LogP contribution in [0.5, 0.6) is 23.0 Å². The van der Waals surface area contributed by atoms with Crippen LogP contribution in [0.1, 0.15) is 35.1 Å². The fourth-order valence-corrected chi connectivity index (χ4v) is 4.55. The van der Waals surface area contributed by atoms with E-state index in [9.17, 15) is 0 Å². The molecule has 0 saturated heterocycles. The maximum Gasteiger partial charge on any atom is 0.127 e. The van der Waals surface area contributed by atoms with Crippen LogP contribution < -0.4 is 18.9 Å². The number of methoxy groups -OCH3 is 4. The molecule has 0 radical (unpaired) electrons. The second kappa shape index (κ2) is 8.24. The zero-order valence-corrected chi connectivity index (χ0v) is 17.6. The lowest BCUT2D eigenvalue weighted by Crippen LogP contribution is -2.09. The molecule has 4 rings (SSSR count). The van der Waals surface area contributed by atoms with Gasteiger partial charge in [0.2, 0.25) is 0 Å². The molecular weight excluding hydrogens is 364 g/mol. The summed E-state index contributed by atoms with van der Waals surface area (Å²) in [6, 6.07) is 12.3. The molecule has 0 amide bonds. The molecule has 0 unspecified atom stereocenters. The van der Waals surface area contributed by atoms with E-state index >= 15 is 0 Å². The highest BCUT2D eigenvalue weighted by molar-refractivity contribution is 5.97. The average Bonchev–Trinajstić information content (AvgIpc) is 2.78. The van der Waals surface area contributed by atoms with Crippen molar-refractivity contribution in [3.63, 3.8) is 0 Å². The molecule has 1 aliphatic rings. The van der Waals surface area contributed by atoms with Crippen LogP contribution in [0.4, 0.5) is 0 Å². The standard InChI is InChI=1S/C25H28O4/c1-26-18-9-10-22(27-2)17(13-18)15-20-19-8-6-5-7-16(19)14-21-23(28-3)11-12-24(29-4)25(20)21/h9-14H,5-8,15H2,1-4H3. The van der Waals surface area contributed by atoms with Crippen molar-refractivity contribution in [3.8, 4) is 23.0 Å². The Morgan fingerprint density at radius 3 is 2.14 bits per heavy atom. The summed E-state index contributed by atoms with van der Waals surface area (Å²) in [5.41, 5.74) is 5.28. The number of fused-ring (bicyclic) bond motifs is 2. The first-order valence-electron chi connectivity index (χ1n) is 10.1. The van der Waals surface area contributed by atoms with Crippen LogP contribution in [0, 0.1) is 0 Å². The Bertz CT molecular complexity index is 1040. The van der Waals surface area contributed by atoms with Crippen molar-refractivity contribution in [3.05, 3.63) is 58.7 Å². The highest BCUT2D eigenvalue weighted by atomic mass is 16.5. The smallest absolute Gasteiger partial charge is 0.127 e. The Kier molecular flexibility index (Phi) is 5.52. The number of rotatable bonds is 6. The first-order valence-corrected chi connectivity index (χ1v) is 10.1. The molecule has 0 saturated carbocycles. The summed E-state index contributed by atoms with van der Waals surface area (Å²) in [6.07, 6.45) is 5.39. The maximum absolute atomic E-state index is 5.79. The van der Waals surface area contributed by atoms with Crippen LogP contribution in [0.15, 0.2) is 36.4 Å². The average molecular weight is 392 g/mol. The maximum atomic E-state index is 5.79. The van der Waals surface area contributed by atoms with E-state index in [0.29, 0.717) is 0 Å². The van der Waals surface area contributed by atoms with Gasteiger partial charge in [0.25, 0.3) is 0 Å². The van der Waals surface area contributed by atoms with Crippen molar-refractivity contribution in [2.75, 3.05) is 28.4 Å². The molecule has 0 fully saturated rings. The van der Waals surface area contributed by atoms with Gasteiger partial charge in [0.1, 0.15) is 23.0 Å². The Morgan fingerprint density at radius 2 is 1.41 bits per heavy atom. The minimum Gasteiger partial charge on any atom is -0.497 e. The second-order valence-corrected chi connectivity index (χ2v) is 7.45. The fourth-order valence-electron chi connectivity index (χ4n) is 4.55. The van der Waals surface area contributed by atoms with Gasteiger partial charge in [-0.1, -0.05) is 0 Å². The van der Waals surface area contributed by atoms with Gasteiger partial charge in [0.15, 0.2) is 0 Å². The van der Waals surface area contributed by atoms with Gasteiger partial charge in [-0.05, 0) is 78.8 Å². The van der Waals surface area contributed by atoms with E-state index in [1.165, 1.54) is 29.5 Å². The fraction of sp³-hybridized carbons (Fsp3) is 0.360. The molecule has 0 bridgehead atoms. The van der Waals surface area contributed by atoms with Crippen molar-refractivity contribution in [2.24, 2.45) is 0 Å². The van der Waals surface area contributed by atoms with Gasteiger partial charge in [-0.15, -0.1) is 0 Å². The lowest BCUT2D eigenvalue weighted by Gasteiger charge is -2.24. The Morgan fingerprint density at radius 1 is 0.724 bits per heavy atom. The Hall–Kier alpha value is -2.88. The minimum atomic E-state index is 0.754. The summed E-state index contributed by atoms with van der Waals surface area (Å²) < 4.78 is 22.6. The summed E-state index contributed by atoms with van der Waals surface area (Å²) >= 11 is 0. The zero-order chi connectivity index (χ0) is 20.4. The molecule has 1 aliphatic carbocycles. The van der Waals surface area contributed by atoms with Crippen molar-refractivity contribution in [1.29, 1.82) is 0 Å². The molecule has 152 valence electrons. The van der Waals surface area contributed by atoms with Crippen molar-refractivity contribution in [1.82, 2.24) is 0 Å². The SMILES string of the molecule is COc1ccc(OC)c(Cc2c3c(cc4c(OC)ccc(OC)c24)CCCC3)c1. The van der Waals surface area contributed by atoms with E-state index in [1.807, 2.05) is 24.3 Å². The number of ether oxygens (including phenoxy) is 4. The first-order chi connectivity index (χ1) is 14.2. The van der Waals surface area contributed by atoms with Gasteiger partial charge >= 0.3 is 0 Å². The van der Waals surface area contributed by atoms with Gasteiger partial charge in [0, 0.05) is 22.8 Å². The van der Waals surface area contributed by atoms with Crippen LogP contribution >= 0.6 is 0 Å². The highest BCUT2D eigenvalue weighted by Crippen LogP contribution is 2.42. The van der Waals surface area contributed by atoms with Gasteiger partial charge < -0.3 is 18.9 Å². The molecular formula is C25H28O4. The number of hydrogen-bond acceptors (Lipinski definition) is 4. The number of aryl methyl sites for hydroxylation is 1. The normalized spacial score (nSPS) is 13.1. The van der Waals surface area contributed by atoms with E-state index in [1.54, 1.807) is 28.4 Å². The second-order valence-electron chi connectivity index (χ2n) is 7.45. The molecule has 0 atom stereocenters. The largest absolute Gasteiger partial charge is 0.497 e. The third-order valence-corrected chi connectivity index (χ3v) is 5.96. The molecule has 0 heterocycles. The van der Waals surface area contributed by atoms with Crippen LogP contribution in [0.3, 0.4) is 0 Å². The summed E-state index contributed by atoms with van der Waals surface area (Å²) in [6.45, 7) is 0. The molecule has 0 aliphatic heterocycles. The zero-order valence-electron chi connectivity index (χ0n) is 17.6. The van der Waals surface area contributed by atoms with Gasteiger partial charge in [-0.3, -0.25) is 0 Å². The summed E-state index contributed by atoms with van der Waals surface area (Å²) in [5, 5.41) is 2.25. The van der Waals surface area contributed by atoms with Crippen molar-refractivity contribution in [2.45, 2.75) is 32.1 Å². The van der Waals surface area contributed by atoms with Crippen molar-refractivity contribution >= 4 is 10.8 Å². The van der Waals surface area contributed by atoms with Crippen molar-refractivity contribution < 1.29 is 18.9 Å². The van der Waals surface area contributed by atoms with E-state index in [-0.39, 0.29) is 0 Å². The molecule has 0 N–H and O–H groups in total. The minimum absolute atomic E-state index is 0.754. The number of hydrogen-bond donors (Lipinski definition) is 0. The first kappa shape index (κ1) is 19.4. The monoisotopic (exact) mass is 392 g/mol. The molecule has 29 heavy (non-hydrogen) atoms. The third kappa shape index (κ3) is 3.48. The Labute approximate surface area is 172 Å². The topological polar surface area (TPSA) is 36.9 Å². The summed E-state index contributed by atoms with van der Waals surface area (Å²) in [7, 11) is 6.87. The van der Waals surface area contributed by atoms with Gasteiger partial charge in [0.05, 0.1) is 28.4 Å². The van der Waals surface area contributed by atoms with E-state index < -0.39 is 0 Å². The molecule has 0 spiro atoms. The highest BCUT2D eigenvalue weighted by Gasteiger charge is 2.22. The van der Waals surface area contributed by atoms with Gasteiger partial charge in [-0.2, -0.15) is 0 Å². The van der Waals surface area contributed by atoms with E-state index in [4.69, 9.17) is 18.9 Å². The Balaban J connectivity index is 2.00. The summed E-state index contributed by atoms with van der Waals surface area (Å²) in [5.74, 6) is 3.47. The lowest BCUT2D eigenvalue weighted by molar-refractivity contribution is 0.399. The van der Waals surface area contributed by atoms with Crippen LogP contribution in [-0.2, 0) is 19.3 Å². The van der Waals surface area contributed by atoms with Crippen LogP contribution in [0.25, 0.3) is 10.8 Å². The van der Waals surface area contributed by atoms with Crippen LogP contribution in [-0.4, -0.2) is 28.4 Å². The van der Waals surface area contributed by atoms with E-state index in [0.717, 1.165) is 58.6 Å². The molecule has 3 aromatic carbocycles. The predicted octanol–water partition coefficient (Wildman–Crippen LogP) is 5.34. The number of benzene rings is 3. The quantitative estimate of drug-likeness (QED) is 0.567.